The maximum absolute atomic E-state index is 5.53. The summed E-state index contributed by atoms with van der Waals surface area (Å²) in [4.78, 5) is 0. The molecule has 12 heavy (non-hydrogen) atoms. The summed E-state index contributed by atoms with van der Waals surface area (Å²) in [5.41, 5.74) is 0.214. The van der Waals surface area contributed by atoms with Gasteiger partial charge in [-0.25, -0.2) is 0 Å². The van der Waals surface area contributed by atoms with Gasteiger partial charge in [0, 0.05) is 7.11 Å². The number of hydrogen-bond acceptors (Lipinski definition) is 2. The van der Waals surface area contributed by atoms with Crippen LogP contribution in [-0.2, 0) is 9.47 Å². The molecule has 0 bridgehead atoms. The molecule has 0 aliphatic rings. The van der Waals surface area contributed by atoms with E-state index in [0.29, 0.717) is 12.2 Å². The van der Waals surface area contributed by atoms with Crippen LogP contribution < -0.4 is 0 Å². The molecule has 0 amide bonds. The van der Waals surface area contributed by atoms with Gasteiger partial charge in [-0.05, 0) is 25.7 Å². The SMILES string of the molecule is COCOC(C)(C)CC(C)(C)C. The van der Waals surface area contributed by atoms with Crippen LogP contribution in [0.4, 0.5) is 0 Å². The minimum absolute atomic E-state index is 0.0890. The standard InChI is InChI=1S/C10H22O2/c1-9(2,3)7-10(4,5)12-8-11-6/h7-8H2,1-6H3. The Morgan fingerprint density at radius 3 is 1.83 bits per heavy atom. The van der Waals surface area contributed by atoms with Crippen molar-refractivity contribution in [1.82, 2.24) is 0 Å². The van der Waals surface area contributed by atoms with Crippen molar-refractivity contribution in [1.29, 1.82) is 0 Å². The summed E-state index contributed by atoms with van der Waals surface area (Å²) in [6.07, 6.45) is 1.03. The van der Waals surface area contributed by atoms with Gasteiger partial charge in [0.1, 0.15) is 6.79 Å². The molecule has 0 aromatic heterocycles. The van der Waals surface area contributed by atoms with E-state index in [9.17, 15) is 0 Å². The van der Waals surface area contributed by atoms with Crippen molar-refractivity contribution in [3.05, 3.63) is 0 Å². The number of rotatable bonds is 4. The highest BCUT2D eigenvalue weighted by Crippen LogP contribution is 2.29. The van der Waals surface area contributed by atoms with Crippen molar-refractivity contribution in [3.63, 3.8) is 0 Å². The summed E-state index contributed by atoms with van der Waals surface area (Å²) in [6, 6.07) is 0. The molecule has 0 atom stereocenters. The Morgan fingerprint density at radius 2 is 1.50 bits per heavy atom. The molecule has 0 aromatic rings. The average molecular weight is 174 g/mol. The predicted octanol–water partition coefficient (Wildman–Crippen LogP) is 2.82. The maximum atomic E-state index is 5.53. The van der Waals surface area contributed by atoms with Crippen LogP contribution in [0.1, 0.15) is 41.0 Å². The Balaban J connectivity index is 3.86. The van der Waals surface area contributed by atoms with Gasteiger partial charge in [0.25, 0.3) is 0 Å². The topological polar surface area (TPSA) is 18.5 Å². The number of hydrogen-bond donors (Lipinski definition) is 0. The summed E-state index contributed by atoms with van der Waals surface area (Å²) >= 11 is 0. The molecule has 0 aromatic carbocycles. The lowest BCUT2D eigenvalue weighted by Gasteiger charge is -2.32. The zero-order valence-corrected chi connectivity index (χ0v) is 9.23. The summed E-state index contributed by atoms with van der Waals surface area (Å²) < 4.78 is 10.4. The molecule has 0 unspecified atom stereocenters. The fraction of sp³-hybridized carbons (Fsp3) is 1.00. The molecule has 74 valence electrons. The largest absolute Gasteiger partial charge is 0.359 e. The summed E-state index contributed by atoms with van der Waals surface area (Å²) in [7, 11) is 1.65. The summed E-state index contributed by atoms with van der Waals surface area (Å²) in [5, 5.41) is 0. The van der Waals surface area contributed by atoms with Gasteiger partial charge in [-0.2, -0.15) is 0 Å². The fourth-order valence-corrected chi connectivity index (χ4v) is 1.55. The van der Waals surface area contributed by atoms with Crippen LogP contribution in [-0.4, -0.2) is 19.5 Å². The molecule has 0 aliphatic heterocycles. The lowest BCUT2D eigenvalue weighted by Crippen LogP contribution is -2.30. The highest BCUT2D eigenvalue weighted by Gasteiger charge is 2.25. The van der Waals surface area contributed by atoms with Gasteiger partial charge in [0.05, 0.1) is 5.60 Å². The van der Waals surface area contributed by atoms with Crippen molar-refractivity contribution >= 4 is 0 Å². The number of methoxy groups -OCH3 is 1. The third kappa shape index (κ3) is 6.62. The Morgan fingerprint density at radius 1 is 1.00 bits per heavy atom. The molecular formula is C10H22O2. The van der Waals surface area contributed by atoms with Crippen molar-refractivity contribution < 1.29 is 9.47 Å². The van der Waals surface area contributed by atoms with Crippen LogP contribution in [0.2, 0.25) is 0 Å². The molecule has 2 heteroatoms. The molecule has 0 spiro atoms. The zero-order chi connectivity index (χ0) is 9.83. The van der Waals surface area contributed by atoms with E-state index in [2.05, 4.69) is 34.6 Å². The smallest absolute Gasteiger partial charge is 0.147 e. The summed E-state index contributed by atoms with van der Waals surface area (Å²) in [5.74, 6) is 0. The molecule has 0 fully saturated rings. The van der Waals surface area contributed by atoms with Crippen LogP contribution >= 0.6 is 0 Å². The maximum Gasteiger partial charge on any atom is 0.147 e. The monoisotopic (exact) mass is 174 g/mol. The average Bonchev–Trinajstić information content (AvgIpc) is 1.78. The molecule has 0 saturated carbocycles. The Kier molecular flexibility index (Phi) is 4.21. The van der Waals surface area contributed by atoms with E-state index in [-0.39, 0.29) is 5.60 Å². The Hall–Kier alpha value is -0.0800. The second kappa shape index (κ2) is 4.24. The highest BCUT2D eigenvalue weighted by molar-refractivity contribution is 4.76. The first kappa shape index (κ1) is 11.9. The van der Waals surface area contributed by atoms with Gasteiger partial charge < -0.3 is 9.47 Å². The van der Waals surface area contributed by atoms with Crippen LogP contribution in [0.15, 0.2) is 0 Å². The Bertz CT molecular complexity index is 122. The van der Waals surface area contributed by atoms with Gasteiger partial charge >= 0.3 is 0 Å². The van der Waals surface area contributed by atoms with E-state index >= 15 is 0 Å². The lowest BCUT2D eigenvalue weighted by molar-refractivity contribution is -0.126. The molecular weight excluding hydrogens is 152 g/mol. The second-order valence-electron chi connectivity index (χ2n) is 5.05. The van der Waals surface area contributed by atoms with E-state index < -0.39 is 0 Å². The second-order valence-corrected chi connectivity index (χ2v) is 5.05. The minimum atomic E-state index is -0.0890. The van der Waals surface area contributed by atoms with Crippen LogP contribution in [0.5, 0.6) is 0 Å². The van der Waals surface area contributed by atoms with Crippen LogP contribution in [0.25, 0.3) is 0 Å². The molecule has 2 nitrogen and oxygen atoms in total. The van der Waals surface area contributed by atoms with Gasteiger partial charge in [0.15, 0.2) is 0 Å². The normalized spacial score (nSPS) is 13.5. The van der Waals surface area contributed by atoms with Crippen LogP contribution in [0.3, 0.4) is 0 Å². The highest BCUT2D eigenvalue weighted by atomic mass is 16.7. The molecule has 0 aliphatic carbocycles. The Labute approximate surface area is 76.3 Å². The van der Waals surface area contributed by atoms with Gasteiger partial charge in [-0.1, -0.05) is 20.8 Å². The van der Waals surface area contributed by atoms with E-state index in [1.54, 1.807) is 7.11 Å². The fourth-order valence-electron chi connectivity index (χ4n) is 1.55. The van der Waals surface area contributed by atoms with Crippen molar-refractivity contribution in [2.45, 2.75) is 46.6 Å². The molecule has 0 rings (SSSR count). The first-order chi connectivity index (χ1) is 5.27. The first-order valence-electron chi connectivity index (χ1n) is 4.40. The summed E-state index contributed by atoms with van der Waals surface area (Å²) in [6.45, 7) is 11.2. The van der Waals surface area contributed by atoms with Gasteiger partial charge in [0.2, 0.25) is 0 Å². The van der Waals surface area contributed by atoms with Crippen molar-refractivity contribution in [2.24, 2.45) is 5.41 Å². The zero-order valence-electron chi connectivity index (χ0n) is 9.23. The predicted molar refractivity (Wildman–Crippen MR) is 51.1 cm³/mol. The van der Waals surface area contributed by atoms with E-state index in [4.69, 9.17) is 9.47 Å². The third-order valence-corrected chi connectivity index (χ3v) is 1.52. The molecule has 0 saturated heterocycles. The van der Waals surface area contributed by atoms with E-state index in [0.717, 1.165) is 6.42 Å². The number of ether oxygens (including phenoxy) is 2. The molecule has 0 radical (unpaired) electrons. The third-order valence-electron chi connectivity index (χ3n) is 1.52. The quantitative estimate of drug-likeness (QED) is 0.610. The van der Waals surface area contributed by atoms with E-state index in [1.165, 1.54) is 0 Å². The van der Waals surface area contributed by atoms with Crippen molar-refractivity contribution in [3.8, 4) is 0 Å². The molecule has 0 N–H and O–H groups in total. The van der Waals surface area contributed by atoms with Gasteiger partial charge in [-0.3, -0.25) is 0 Å². The van der Waals surface area contributed by atoms with Crippen LogP contribution in [0, 0.1) is 5.41 Å². The molecule has 0 heterocycles. The minimum Gasteiger partial charge on any atom is -0.359 e. The lowest BCUT2D eigenvalue weighted by atomic mass is 9.84. The van der Waals surface area contributed by atoms with Crippen molar-refractivity contribution in [2.75, 3.05) is 13.9 Å². The van der Waals surface area contributed by atoms with E-state index in [1.807, 2.05) is 0 Å². The first-order valence-corrected chi connectivity index (χ1v) is 4.40. The van der Waals surface area contributed by atoms with Gasteiger partial charge in [-0.15, -0.1) is 0 Å².